The summed E-state index contributed by atoms with van der Waals surface area (Å²) in [5.74, 6) is 1.17. The molecule has 1 amide bonds. The van der Waals surface area contributed by atoms with Gasteiger partial charge in [0.25, 0.3) is 0 Å². The van der Waals surface area contributed by atoms with Crippen LogP contribution in [0.3, 0.4) is 0 Å². The second-order valence-electron chi connectivity index (χ2n) is 5.72. The van der Waals surface area contributed by atoms with Crippen LogP contribution in [0.2, 0.25) is 0 Å². The lowest BCUT2D eigenvalue weighted by molar-refractivity contribution is -0.119. The fourth-order valence-electron chi connectivity index (χ4n) is 2.24. The molecule has 1 aromatic rings. The molecule has 2 N–H and O–H groups in total. The number of amides is 1. The SMILES string of the molecule is CC(C)Cc1nnc(NC(=O)C2CC(C)CCN2)s1. The summed E-state index contributed by atoms with van der Waals surface area (Å²) in [5, 5.41) is 15.9. The maximum absolute atomic E-state index is 12.1. The summed E-state index contributed by atoms with van der Waals surface area (Å²) in [6.45, 7) is 7.39. The van der Waals surface area contributed by atoms with Gasteiger partial charge in [-0.15, -0.1) is 10.2 Å². The van der Waals surface area contributed by atoms with Crippen molar-refractivity contribution in [1.29, 1.82) is 0 Å². The van der Waals surface area contributed by atoms with Gasteiger partial charge in [0.2, 0.25) is 11.0 Å². The third kappa shape index (κ3) is 4.24. The molecule has 1 aliphatic heterocycles. The summed E-state index contributed by atoms with van der Waals surface area (Å²) < 4.78 is 0. The van der Waals surface area contributed by atoms with Crippen molar-refractivity contribution in [2.45, 2.75) is 46.1 Å². The van der Waals surface area contributed by atoms with Crippen LogP contribution in [0.15, 0.2) is 0 Å². The fraction of sp³-hybridized carbons (Fsp3) is 0.769. The molecular weight excluding hydrogens is 260 g/mol. The molecule has 2 rings (SSSR count). The van der Waals surface area contributed by atoms with Gasteiger partial charge in [-0.05, 0) is 31.2 Å². The van der Waals surface area contributed by atoms with Crippen molar-refractivity contribution in [2.24, 2.45) is 11.8 Å². The molecule has 2 unspecified atom stereocenters. The topological polar surface area (TPSA) is 66.9 Å². The Morgan fingerprint density at radius 2 is 2.32 bits per heavy atom. The number of piperidine rings is 1. The monoisotopic (exact) mass is 282 g/mol. The zero-order valence-electron chi connectivity index (χ0n) is 11.8. The lowest BCUT2D eigenvalue weighted by Crippen LogP contribution is -2.45. The van der Waals surface area contributed by atoms with Gasteiger partial charge in [0.15, 0.2) is 0 Å². The highest BCUT2D eigenvalue weighted by Crippen LogP contribution is 2.20. The predicted octanol–water partition coefficient (Wildman–Crippen LogP) is 2.06. The van der Waals surface area contributed by atoms with E-state index in [4.69, 9.17) is 0 Å². The Bertz CT molecular complexity index is 432. The number of hydrogen-bond donors (Lipinski definition) is 2. The van der Waals surface area contributed by atoms with E-state index in [9.17, 15) is 4.79 Å². The van der Waals surface area contributed by atoms with Crippen molar-refractivity contribution in [3.05, 3.63) is 5.01 Å². The lowest BCUT2D eigenvalue weighted by atomic mass is 9.94. The van der Waals surface area contributed by atoms with Crippen LogP contribution in [0.5, 0.6) is 0 Å². The summed E-state index contributed by atoms with van der Waals surface area (Å²) in [6, 6.07) is -0.0961. The molecule has 0 radical (unpaired) electrons. The molecule has 0 bridgehead atoms. The Kier molecular flexibility index (Phi) is 4.87. The van der Waals surface area contributed by atoms with E-state index in [2.05, 4.69) is 41.6 Å². The maximum Gasteiger partial charge on any atom is 0.243 e. The quantitative estimate of drug-likeness (QED) is 0.887. The van der Waals surface area contributed by atoms with Crippen LogP contribution in [0, 0.1) is 11.8 Å². The number of nitrogens with zero attached hydrogens (tertiary/aromatic N) is 2. The molecule has 1 aromatic heterocycles. The summed E-state index contributed by atoms with van der Waals surface area (Å²) in [5.41, 5.74) is 0. The largest absolute Gasteiger partial charge is 0.306 e. The molecular formula is C13H22N4OS. The Morgan fingerprint density at radius 3 is 3.00 bits per heavy atom. The van der Waals surface area contributed by atoms with E-state index in [0.29, 0.717) is 17.0 Å². The van der Waals surface area contributed by atoms with Gasteiger partial charge in [-0.25, -0.2) is 0 Å². The lowest BCUT2D eigenvalue weighted by Gasteiger charge is -2.26. The number of carbonyl (C=O) groups is 1. The molecule has 0 spiro atoms. The second kappa shape index (κ2) is 6.43. The van der Waals surface area contributed by atoms with Crippen LogP contribution in [-0.2, 0) is 11.2 Å². The van der Waals surface area contributed by atoms with Gasteiger partial charge in [-0.3, -0.25) is 10.1 Å². The number of nitrogens with one attached hydrogen (secondary N) is 2. The molecule has 0 saturated carbocycles. The summed E-state index contributed by atoms with van der Waals surface area (Å²) in [7, 11) is 0. The zero-order chi connectivity index (χ0) is 13.8. The number of carbonyl (C=O) groups excluding carboxylic acids is 1. The molecule has 1 aliphatic rings. The molecule has 0 aliphatic carbocycles. The molecule has 0 aromatic carbocycles. The minimum atomic E-state index is -0.0961. The highest BCUT2D eigenvalue weighted by molar-refractivity contribution is 7.15. The first kappa shape index (κ1) is 14.4. The molecule has 106 valence electrons. The van der Waals surface area contributed by atoms with E-state index in [-0.39, 0.29) is 11.9 Å². The van der Waals surface area contributed by atoms with Gasteiger partial charge in [-0.2, -0.15) is 0 Å². The van der Waals surface area contributed by atoms with Crippen molar-refractivity contribution >= 4 is 22.4 Å². The highest BCUT2D eigenvalue weighted by Gasteiger charge is 2.25. The van der Waals surface area contributed by atoms with E-state index in [1.807, 2.05) is 0 Å². The summed E-state index contributed by atoms with van der Waals surface area (Å²) >= 11 is 1.47. The zero-order valence-corrected chi connectivity index (χ0v) is 12.6. The normalized spacial score (nSPS) is 23.6. The predicted molar refractivity (Wildman–Crippen MR) is 77.3 cm³/mol. The van der Waals surface area contributed by atoms with Crippen molar-refractivity contribution < 1.29 is 4.79 Å². The van der Waals surface area contributed by atoms with E-state index < -0.39 is 0 Å². The van der Waals surface area contributed by atoms with E-state index in [0.717, 1.165) is 30.8 Å². The molecule has 2 atom stereocenters. The van der Waals surface area contributed by atoms with Crippen LogP contribution in [0.4, 0.5) is 5.13 Å². The van der Waals surface area contributed by atoms with Gasteiger partial charge >= 0.3 is 0 Å². The maximum atomic E-state index is 12.1. The summed E-state index contributed by atoms with van der Waals surface area (Å²) in [4.78, 5) is 12.1. The number of aromatic nitrogens is 2. The average molecular weight is 282 g/mol. The first-order valence-electron chi connectivity index (χ1n) is 6.91. The van der Waals surface area contributed by atoms with Crippen molar-refractivity contribution in [3.8, 4) is 0 Å². The number of hydrogen-bond acceptors (Lipinski definition) is 5. The molecule has 19 heavy (non-hydrogen) atoms. The van der Waals surface area contributed by atoms with Crippen LogP contribution >= 0.6 is 11.3 Å². The van der Waals surface area contributed by atoms with E-state index >= 15 is 0 Å². The Hall–Kier alpha value is -1.01. The first-order valence-corrected chi connectivity index (χ1v) is 7.73. The number of anilines is 1. The Morgan fingerprint density at radius 1 is 1.53 bits per heavy atom. The smallest absolute Gasteiger partial charge is 0.243 e. The molecule has 2 heterocycles. The molecule has 1 saturated heterocycles. The van der Waals surface area contributed by atoms with Crippen molar-refractivity contribution in [2.75, 3.05) is 11.9 Å². The van der Waals surface area contributed by atoms with Crippen LogP contribution in [0.25, 0.3) is 0 Å². The third-order valence-electron chi connectivity index (χ3n) is 3.26. The molecule has 6 heteroatoms. The third-order valence-corrected chi connectivity index (χ3v) is 4.12. The van der Waals surface area contributed by atoms with Crippen LogP contribution < -0.4 is 10.6 Å². The highest BCUT2D eigenvalue weighted by atomic mass is 32.1. The van der Waals surface area contributed by atoms with Crippen LogP contribution in [0.1, 0.15) is 38.6 Å². The fourth-order valence-corrected chi connectivity index (χ4v) is 3.19. The van der Waals surface area contributed by atoms with Gasteiger partial charge < -0.3 is 5.32 Å². The Balaban J connectivity index is 1.89. The van der Waals surface area contributed by atoms with Crippen molar-refractivity contribution in [1.82, 2.24) is 15.5 Å². The standard InChI is InChI=1S/C13H22N4OS/c1-8(2)6-11-16-17-13(19-11)15-12(18)10-7-9(3)4-5-14-10/h8-10,14H,4-7H2,1-3H3,(H,15,17,18). The van der Waals surface area contributed by atoms with E-state index in [1.54, 1.807) is 0 Å². The molecule has 5 nitrogen and oxygen atoms in total. The van der Waals surface area contributed by atoms with Gasteiger partial charge in [0.05, 0.1) is 6.04 Å². The second-order valence-corrected chi connectivity index (χ2v) is 6.79. The van der Waals surface area contributed by atoms with E-state index in [1.165, 1.54) is 11.3 Å². The molecule has 1 fully saturated rings. The number of rotatable bonds is 4. The van der Waals surface area contributed by atoms with Gasteiger partial charge in [0, 0.05) is 6.42 Å². The van der Waals surface area contributed by atoms with Crippen LogP contribution in [-0.4, -0.2) is 28.7 Å². The summed E-state index contributed by atoms with van der Waals surface area (Å²) in [6.07, 6.45) is 2.94. The Labute approximate surface area is 118 Å². The minimum Gasteiger partial charge on any atom is -0.306 e. The van der Waals surface area contributed by atoms with Gasteiger partial charge in [0.1, 0.15) is 5.01 Å². The minimum absolute atomic E-state index is 0.0128. The van der Waals surface area contributed by atoms with Crippen molar-refractivity contribution in [3.63, 3.8) is 0 Å². The average Bonchev–Trinajstić information content (AvgIpc) is 2.75. The van der Waals surface area contributed by atoms with Gasteiger partial charge in [-0.1, -0.05) is 32.1 Å². The first-order chi connectivity index (χ1) is 9.04.